The Morgan fingerprint density at radius 1 is 0.962 bits per heavy atom. The first-order valence-corrected chi connectivity index (χ1v) is 7.61. The summed E-state index contributed by atoms with van der Waals surface area (Å²) in [6.07, 6.45) is 0. The van der Waals surface area contributed by atoms with Crippen LogP contribution in [0.3, 0.4) is 0 Å². The Kier molecular flexibility index (Phi) is 6.57. The predicted octanol–water partition coefficient (Wildman–Crippen LogP) is 2.38. The lowest BCUT2D eigenvalue weighted by atomic mass is 10.1. The SMILES string of the molecule is COc1ccc(OC)c(C(=O)COC(=O)COc2ccc(C#N)cc2)c1. The summed E-state index contributed by atoms with van der Waals surface area (Å²) < 4.78 is 20.4. The van der Waals surface area contributed by atoms with Gasteiger partial charge in [-0.3, -0.25) is 4.79 Å². The highest BCUT2D eigenvalue weighted by Crippen LogP contribution is 2.24. The maximum absolute atomic E-state index is 12.3. The fraction of sp³-hybridized carbons (Fsp3) is 0.211. The molecule has 26 heavy (non-hydrogen) atoms. The van der Waals surface area contributed by atoms with Crippen molar-refractivity contribution in [3.63, 3.8) is 0 Å². The van der Waals surface area contributed by atoms with Crippen molar-refractivity contribution in [3.05, 3.63) is 53.6 Å². The summed E-state index contributed by atoms with van der Waals surface area (Å²) in [5, 5.41) is 8.72. The van der Waals surface area contributed by atoms with Crippen LogP contribution in [0.2, 0.25) is 0 Å². The Hall–Kier alpha value is -3.53. The monoisotopic (exact) mass is 355 g/mol. The quantitative estimate of drug-likeness (QED) is 0.530. The van der Waals surface area contributed by atoms with Gasteiger partial charge in [-0.15, -0.1) is 0 Å². The molecular formula is C19H17NO6. The van der Waals surface area contributed by atoms with Gasteiger partial charge in [-0.05, 0) is 42.5 Å². The summed E-state index contributed by atoms with van der Waals surface area (Å²) >= 11 is 0. The number of carbonyl (C=O) groups is 2. The van der Waals surface area contributed by atoms with E-state index in [0.717, 1.165) is 0 Å². The topological polar surface area (TPSA) is 94.8 Å². The van der Waals surface area contributed by atoms with Gasteiger partial charge in [0.05, 0.1) is 31.4 Å². The van der Waals surface area contributed by atoms with Gasteiger partial charge < -0.3 is 18.9 Å². The zero-order valence-corrected chi connectivity index (χ0v) is 14.4. The smallest absolute Gasteiger partial charge is 0.344 e. The number of ether oxygens (including phenoxy) is 4. The molecule has 2 aromatic carbocycles. The number of nitrogens with zero attached hydrogens (tertiary/aromatic N) is 1. The lowest BCUT2D eigenvalue weighted by molar-refractivity contribution is -0.144. The molecule has 0 fully saturated rings. The minimum Gasteiger partial charge on any atom is -0.497 e. The molecule has 0 unspecified atom stereocenters. The van der Waals surface area contributed by atoms with Gasteiger partial charge in [-0.25, -0.2) is 4.79 Å². The summed E-state index contributed by atoms with van der Waals surface area (Å²) in [7, 11) is 2.92. The van der Waals surface area contributed by atoms with Gasteiger partial charge in [0.15, 0.2) is 13.2 Å². The van der Waals surface area contributed by atoms with E-state index in [0.29, 0.717) is 22.8 Å². The van der Waals surface area contributed by atoms with Crippen LogP contribution >= 0.6 is 0 Å². The summed E-state index contributed by atoms with van der Waals surface area (Å²) in [6.45, 7) is -0.798. The molecule has 0 amide bonds. The molecule has 2 rings (SSSR count). The first-order chi connectivity index (χ1) is 12.6. The van der Waals surface area contributed by atoms with E-state index in [1.165, 1.54) is 20.3 Å². The number of carbonyl (C=O) groups excluding carboxylic acids is 2. The van der Waals surface area contributed by atoms with Gasteiger partial charge in [-0.1, -0.05) is 0 Å². The molecule has 0 spiro atoms. The van der Waals surface area contributed by atoms with Crippen LogP contribution in [0.5, 0.6) is 17.2 Å². The third-order valence-electron chi connectivity index (χ3n) is 3.41. The van der Waals surface area contributed by atoms with Crippen molar-refractivity contribution in [3.8, 4) is 23.3 Å². The first-order valence-electron chi connectivity index (χ1n) is 7.61. The van der Waals surface area contributed by atoms with Crippen LogP contribution in [0.1, 0.15) is 15.9 Å². The van der Waals surface area contributed by atoms with E-state index in [-0.39, 0.29) is 12.2 Å². The molecule has 0 radical (unpaired) electrons. The van der Waals surface area contributed by atoms with Crippen LogP contribution < -0.4 is 14.2 Å². The minimum absolute atomic E-state index is 0.257. The van der Waals surface area contributed by atoms with Gasteiger partial charge in [0.1, 0.15) is 17.2 Å². The number of hydrogen-bond donors (Lipinski definition) is 0. The maximum atomic E-state index is 12.3. The number of nitriles is 1. The van der Waals surface area contributed by atoms with E-state index >= 15 is 0 Å². The second-order valence-corrected chi connectivity index (χ2v) is 5.07. The number of Topliss-reactive ketones (excluding diaryl/α,β-unsaturated/α-hetero) is 1. The second kappa shape index (κ2) is 9.08. The summed E-state index contributed by atoms with van der Waals surface area (Å²) in [4.78, 5) is 24.0. The number of esters is 1. The summed E-state index contributed by atoms with van der Waals surface area (Å²) in [5.74, 6) is 0.157. The standard InChI is InChI=1S/C19H17NO6/c1-23-15-7-8-18(24-2)16(9-15)17(21)11-26-19(22)12-25-14-5-3-13(10-20)4-6-14/h3-9H,11-12H2,1-2H3. The van der Waals surface area contributed by atoms with E-state index < -0.39 is 18.4 Å². The van der Waals surface area contributed by atoms with Gasteiger partial charge in [0, 0.05) is 0 Å². The summed E-state index contributed by atoms with van der Waals surface area (Å²) in [6, 6.07) is 13.0. The van der Waals surface area contributed by atoms with E-state index in [2.05, 4.69) is 0 Å². The molecule has 0 aliphatic carbocycles. The molecule has 7 heteroatoms. The highest BCUT2D eigenvalue weighted by atomic mass is 16.6. The van der Waals surface area contributed by atoms with E-state index in [9.17, 15) is 9.59 Å². The highest BCUT2D eigenvalue weighted by molar-refractivity contribution is 6.00. The fourth-order valence-corrected chi connectivity index (χ4v) is 2.07. The van der Waals surface area contributed by atoms with Gasteiger partial charge >= 0.3 is 5.97 Å². The van der Waals surface area contributed by atoms with E-state index in [1.807, 2.05) is 6.07 Å². The maximum Gasteiger partial charge on any atom is 0.344 e. The number of ketones is 1. The number of rotatable bonds is 8. The fourth-order valence-electron chi connectivity index (χ4n) is 2.07. The largest absolute Gasteiger partial charge is 0.497 e. The van der Waals surface area contributed by atoms with Crippen LogP contribution in [0.15, 0.2) is 42.5 Å². The second-order valence-electron chi connectivity index (χ2n) is 5.07. The molecule has 0 N–H and O–H groups in total. The molecule has 0 bridgehead atoms. The lowest BCUT2D eigenvalue weighted by Gasteiger charge is -2.10. The minimum atomic E-state index is -0.690. The number of hydrogen-bond acceptors (Lipinski definition) is 7. The Morgan fingerprint density at radius 3 is 2.27 bits per heavy atom. The van der Waals surface area contributed by atoms with Crippen LogP contribution in [0, 0.1) is 11.3 Å². The van der Waals surface area contributed by atoms with Crippen molar-refractivity contribution in [2.45, 2.75) is 0 Å². The van der Waals surface area contributed by atoms with Crippen molar-refractivity contribution >= 4 is 11.8 Å². The lowest BCUT2D eigenvalue weighted by Crippen LogP contribution is -2.20. The van der Waals surface area contributed by atoms with Gasteiger partial charge in [0.2, 0.25) is 5.78 Å². The molecule has 0 saturated heterocycles. The molecule has 7 nitrogen and oxygen atoms in total. The third-order valence-corrected chi connectivity index (χ3v) is 3.41. The zero-order chi connectivity index (χ0) is 18.9. The van der Waals surface area contributed by atoms with E-state index in [1.54, 1.807) is 36.4 Å². The Morgan fingerprint density at radius 2 is 1.65 bits per heavy atom. The normalized spacial score (nSPS) is 9.73. The molecular weight excluding hydrogens is 338 g/mol. The molecule has 0 heterocycles. The molecule has 0 aliphatic rings. The number of benzene rings is 2. The Balaban J connectivity index is 1.88. The average Bonchev–Trinajstić information content (AvgIpc) is 2.70. The molecule has 0 aromatic heterocycles. The predicted molar refractivity (Wildman–Crippen MR) is 91.5 cm³/mol. The van der Waals surface area contributed by atoms with Gasteiger partial charge in [-0.2, -0.15) is 5.26 Å². The van der Waals surface area contributed by atoms with Crippen LogP contribution in [-0.2, 0) is 9.53 Å². The Bertz CT molecular complexity index is 823. The van der Waals surface area contributed by atoms with Crippen LogP contribution in [0.25, 0.3) is 0 Å². The molecule has 0 saturated carbocycles. The third kappa shape index (κ3) is 4.98. The van der Waals surface area contributed by atoms with Crippen LogP contribution in [0.4, 0.5) is 0 Å². The first kappa shape index (κ1) is 18.8. The van der Waals surface area contributed by atoms with Crippen LogP contribution in [-0.4, -0.2) is 39.2 Å². The number of methoxy groups -OCH3 is 2. The van der Waals surface area contributed by atoms with Crippen molar-refractivity contribution < 1.29 is 28.5 Å². The molecule has 0 aliphatic heterocycles. The van der Waals surface area contributed by atoms with Crippen molar-refractivity contribution in [1.82, 2.24) is 0 Å². The van der Waals surface area contributed by atoms with Crippen molar-refractivity contribution in [1.29, 1.82) is 5.26 Å². The van der Waals surface area contributed by atoms with Crippen molar-refractivity contribution in [2.24, 2.45) is 0 Å². The van der Waals surface area contributed by atoms with Gasteiger partial charge in [0.25, 0.3) is 0 Å². The molecule has 0 atom stereocenters. The Labute approximate surface area is 150 Å². The highest BCUT2D eigenvalue weighted by Gasteiger charge is 2.16. The van der Waals surface area contributed by atoms with Crippen molar-refractivity contribution in [2.75, 3.05) is 27.4 Å². The summed E-state index contributed by atoms with van der Waals surface area (Å²) in [5.41, 5.74) is 0.741. The molecule has 134 valence electrons. The average molecular weight is 355 g/mol. The van der Waals surface area contributed by atoms with E-state index in [4.69, 9.17) is 24.2 Å². The molecule has 2 aromatic rings. The zero-order valence-electron chi connectivity index (χ0n) is 14.4.